The third kappa shape index (κ3) is 4.98. The maximum absolute atomic E-state index is 12.3. The summed E-state index contributed by atoms with van der Waals surface area (Å²) in [6, 6.07) is 12.5. The van der Waals surface area contributed by atoms with Crippen LogP contribution in [0, 0.1) is 13.8 Å². The molecule has 0 aromatic heterocycles. The lowest BCUT2D eigenvalue weighted by Gasteiger charge is -2.22. The predicted octanol–water partition coefficient (Wildman–Crippen LogP) is 3.11. The van der Waals surface area contributed by atoms with E-state index in [9.17, 15) is 13.2 Å². The van der Waals surface area contributed by atoms with Crippen LogP contribution in [-0.4, -0.2) is 34.2 Å². The van der Waals surface area contributed by atoms with E-state index in [-0.39, 0.29) is 18.9 Å². The largest absolute Gasteiger partial charge is 0.497 e. The number of rotatable bonds is 7. The number of amides is 1. The molecule has 0 radical (unpaired) electrons. The molecular weight excluding hydrogens is 352 g/mol. The van der Waals surface area contributed by atoms with E-state index >= 15 is 0 Å². The van der Waals surface area contributed by atoms with Gasteiger partial charge in [-0.15, -0.1) is 0 Å². The molecule has 7 heteroatoms. The molecule has 0 fully saturated rings. The molecule has 6 nitrogen and oxygen atoms in total. The number of nitrogens with zero attached hydrogens (tertiary/aromatic N) is 1. The number of carbonyl (C=O) groups excluding carboxylic acids is 1. The van der Waals surface area contributed by atoms with Crippen molar-refractivity contribution in [2.75, 3.05) is 29.5 Å². The summed E-state index contributed by atoms with van der Waals surface area (Å²) in [5, 5.41) is 2.87. The summed E-state index contributed by atoms with van der Waals surface area (Å²) in [6.07, 6.45) is 1.16. The van der Waals surface area contributed by atoms with Gasteiger partial charge < -0.3 is 10.1 Å². The fourth-order valence-electron chi connectivity index (χ4n) is 2.67. The number of sulfonamides is 1. The van der Waals surface area contributed by atoms with Crippen molar-refractivity contribution in [2.45, 2.75) is 20.3 Å². The molecule has 0 unspecified atom stereocenters. The van der Waals surface area contributed by atoms with Gasteiger partial charge in [-0.2, -0.15) is 0 Å². The molecule has 0 heterocycles. The van der Waals surface area contributed by atoms with Crippen LogP contribution in [0.5, 0.6) is 5.75 Å². The highest BCUT2D eigenvalue weighted by molar-refractivity contribution is 7.92. The molecule has 0 saturated carbocycles. The molecule has 0 saturated heterocycles. The topological polar surface area (TPSA) is 75.7 Å². The Bertz CT molecular complexity index is 874. The van der Waals surface area contributed by atoms with Crippen LogP contribution in [0.2, 0.25) is 0 Å². The fraction of sp³-hybridized carbons (Fsp3) is 0.316. The Hall–Kier alpha value is -2.54. The highest BCUT2D eigenvalue weighted by Crippen LogP contribution is 2.24. The van der Waals surface area contributed by atoms with Gasteiger partial charge in [-0.05, 0) is 37.1 Å². The molecule has 140 valence electrons. The standard InChI is InChI=1S/C19H24N2O4S/c1-14-7-5-8-15(2)19(14)20-18(22)11-12-21(26(4,23)24)16-9-6-10-17(13-16)25-3/h5-10,13H,11-12H2,1-4H3,(H,20,22). The molecule has 0 spiro atoms. The number of para-hydroxylation sites is 1. The molecule has 1 amide bonds. The fourth-order valence-corrected chi connectivity index (χ4v) is 3.59. The second-order valence-corrected chi connectivity index (χ2v) is 8.01. The van der Waals surface area contributed by atoms with Crippen LogP contribution in [0.25, 0.3) is 0 Å². The smallest absolute Gasteiger partial charge is 0.232 e. The Balaban J connectivity index is 2.13. The van der Waals surface area contributed by atoms with Crippen molar-refractivity contribution in [3.63, 3.8) is 0 Å². The van der Waals surface area contributed by atoms with Gasteiger partial charge in [0.2, 0.25) is 15.9 Å². The number of hydrogen-bond donors (Lipinski definition) is 1. The predicted molar refractivity (Wildman–Crippen MR) is 104 cm³/mol. The zero-order chi connectivity index (χ0) is 19.3. The van der Waals surface area contributed by atoms with Crippen molar-refractivity contribution in [1.29, 1.82) is 0 Å². The first-order chi connectivity index (χ1) is 12.2. The van der Waals surface area contributed by atoms with E-state index in [0.29, 0.717) is 11.4 Å². The molecule has 0 atom stereocenters. The quantitative estimate of drug-likeness (QED) is 0.806. The van der Waals surface area contributed by atoms with Crippen LogP contribution in [0.3, 0.4) is 0 Å². The monoisotopic (exact) mass is 376 g/mol. The zero-order valence-electron chi connectivity index (χ0n) is 15.4. The lowest BCUT2D eigenvalue weighted by Crippen LogP contribution is -2.33. The van der Waals surface area contributed by atoms with Crippen LogP contribution in [0.1, 0.15) is 17.5 Å². The third-order valence-corrected chi connectivity index (χ3v) is 5.22. The summed E-state index contributed by atoms with van der Waals surface area (Å²) >= 11 is 0. The van der Waals surface area contributed by atoms with Crippen LogP contribution >= 0.6 is 0 Å². The number of anilines is 2. The average Bonchev–Trinajstić information content (AvgIpc) is 2.57. The highest BCUT2D eigenvalue weighted by atomic mass is 32.2. The maximum atomic E-state index is 12.3. The molecule has 0 aliphatic heterocycles. The van der Waals surface area contributed by atoms with Gasteiger partial charge in [0.25, 0.3) is 0 Å². The Morgan fingerprint density at radius 1 is 1.12 bits per heavy atom. The third-order valence-electron chi connectivity index (χ3n) is 4.03. The van der Waals surface area contributed by atoms with Crippen molar-refractivity contribution in [2.24, 2.45) is 0 Å². The van der Waals surface area contributed by atoms with E-state index in [0.717, 1.165) is 23.1 Å². The zero-order valence-corrected chi connectivity index (χ0v) is 16.3. The van der Waals surface area contributed by atoms with E-state index in [4.69, 9.17) is 4.74 Å². The van der Waals surface area contributed by atoms with Gasteiger partial charge >= 0.3 is 0 Å². The Morgan fingerprint density at radius 3 is 2.31 bits per heavy atom. The number of nitrogens with one attached hydrogen (secondary N) is 1. The van der Waals surface area contributed by atoms with Crippen molar-refractivity contribution in [3.8, 4) is 5.75 Å². The van der Waals surface area contributed by atoms with E-state index < -0.39 is 10.0 Å². The first-order valence-electron chi connectivity index (χ1n) is 8.20. The molecule has 26 heavy (non-hydrogen) atoms. The van der Waals surface area contributed by atoms with Crippen LogP contribution in [-0.2, 0) is 14.8 Å². The number of benzene rings is 2. The van der Waals surface area contributed by atoms with Crippen molar-refractivity contribution < 1.29 is 17.9 Å². The van der Waals surface area contributed by atoms with E-state index in [1.807, 2.05) is 32.0 Å². The second-order valence-electron chi connectivity index (χ2n) is 6.10. The Kier molecular flexibility index (Phi) is 6.26. The first-order valence-corrected chi connectivity index (χ1v) is 10.0. The van der Waals surface area contributed by atoms with E-state index in [2.05, 4.69) is 5.32 Å². The number of hydrogen-bond acceptors (Lipinski definition) is 4. The van der Waals surface area contributed by atoms with Gasteiger partial charge in [0.05, 0.1) is 19.1 Å². The minimum Gasteiger partial charge on any atom is -0.497 e. The molecule has 0 bridgehead atoms. The molecule has 0 aliphatic rings. The Morgan fingerprint density at radius 2 is 1.73 bits per heavy atom. The van der Waals surface area contributed by atoms with Gasteiger partial charge in [-0.25, -0.2) is 8.42 Å². The first kappa shape index (κ1) is 19.8. The van der Waals surface area contributed by atoms with Crippen molar-refractivity contribution in [3.05, 3.63) is 53.6 Å². The Labute approximate surface area is 154 Å². The summed E-state index contributed by atoms with van der Waals surface area (Å²) in [4.78, 5) is 12.3. The van der Waals surface area contributed by atoms with Crippen molar-refractivity contribution in [1.82, 2.24) is 0 Å². The maximum Gasteiger partial charge on any atom is 0.232 e. The molecule has 2 aromatic carbocycles. The van der Waals surface area contributed by atoms with Gasteiger partial charge in [-0.1, -0.05) is 24.3 Å². The summed E-state index contributed by atoms with van der Waals surface area (Å²) in [7, 11) is -2.01. The highest BCUT2D eigenvalue weighted by Gasteiger charge is 2.19. The average molecular weight is 376 g/mol. The van der Waals surface area contributed by atoms with Crippen LogP contribution in [0.4, 0.5) is 11.4 Å². The number of aryl methyl sites for hydroxylation is 2. The van der Waals surface area contributed by atoms with Crippen LogP contribution < -0.4 is 14.4 Å². The van der Waals surface area contributed by atoms with Gasteiger partial charge in [0.15, 0.2) is 0 Å². The summed E-state index contributed by atoms with van der Waals surface area (Å²) < 4.78 is 30.7. The lowest BCUT2D eigenvalue weighted by atomic mass is 10.1. The van der Waals surface area contributed by atoms with Gasteiger partial charge in [-0.3, -0.25) is 9.10 Å². The molecule has 2 rings (SSSR count). The van der Waals surface area contributed by atoms with Gasteiger partial charge in [0.1, 0.15) is 5.75 Å². The number of carbonyl (C=O) groups is 1. The molecule has 0 aliphatic carbocycles. The lowest BCUT2D eigenvalue weighted by molar-refractivity contribution is -0.116. The minimum absolute atomic E-state index is 0.0397. The summed E-state index contributed by atoms with van der Waals surface area (Å²) in [6.45, 7) is 3.88. The molecule has 1 N–H and O–H groups in total. The molecular formula is C19H24N2O4S. The van der Waals surface area contributed by atoms with Crippen LogP contribution in [0.15, 0.2) is 42.5 Å². The summed E-state index contributed by atoms with van der Waals surface area (Å²) in [5.41, 5.74) is 3.16. The van der Waals surface area contributed by atoms with E-state index in [1.54, 1.807) is 24.3 Å². The normalized spacial score (nSPS) is 11.1. The molecule has 2 aromatic rings. The van der Waals surface area contributed by atoms with Gasteiger partial charge in [0, 0.05) is 24.7 Å². The minimum atomic E-state index is -3.53. The van der Waals surface area contributed by atoms with Crippen molar-refractivity contribution >= 4 is 27.3 Å². The SMILES string of the molecule is COc1cccc(N(CCC(=O)Nc2c(C)cccc2C)S(C)(=O)=O)c1. The second kappa shape index (κ2) is 8.23. The number of ether oxygens (including phenoxy) is 1. The summed E-state index contributed by atoms with van der Waals surface area (Å²) in [5.74, 6) is 0.315. The van der Waals surface area contributed by atoms with E-state index in [1.165, 1.54) is 11.4 Å². The number of methoxy groups -OCH3 is 1.